The van der Waals surface area contributed by atoms with Crippen molar-refractivity contribution in [3.8, 4) is 11.5 Å². The molecule has 1 aliphatic rings. The van der Waals surface area contributed by atoms with Crippen LogP contribution in [0.4, 0.5) is 0 Å². The van der Waals surface area contributed by atoms with Crippen LogP contribution in [0.1, 0.15) is 25.3 Å². The molecule has 156 valence electrons. The number of likely N-dealkylation sites (tertiary alicyclic amines) is 1. The molecular formula is C20H31N3O5. The molecule has 1 fully saturated rings. The van der Waals surface area contributed by atoms with Crippen molar-refractivity contribution in [2.45, 2.75) is 26.3 Å². The van der Waals surface area contributed by atoms with Crippen LogP contribution in [0.2, 0.25) is 0 Å². The van der Waals surface area contributed by atoms with E-state index in [4.69, 9.17) is 24.3 Å². The average molecular weight is 393 g/mol. The minimum atomic E-state index is -0.128. The number of hydrogen-bond acceptors (Lipinski definition) is 6. The van der Waals surface area contributed by atoms with Crippen LogP contribution < -0.4 is 14.8 Å². The van der Waals surface area contributed by atoms with Crippen LogP contribution in [-0.4, -0.2) is 69.0 Å². The number of ether oxygens (including phenoxy) is 3. The van der Waals surface area contributed by atoms with E-state index in [1.165, 1.54) is 7.11 Å². The second-order valence-corrected chi connectivity index (χ2v) is 6.51. The summed E-state index contributed by atoms with van der Waals surface area (Å²) in [5.74, 6) is 1.90. The lowest BCUT2D eigenvalue weighted by Gasteiger charge is -2.33. The van der Waals surface area contributed by atoms with Gasteiger partial charge < -0.3 is 29.5 Å². The Morgan fingerprint density at radius 2 is 2.04 bits per heavy atom. The van der Waals surface area contributed by atoms with E-state index >= 15 is 0 Å². The quantitative estimate of drug-likeness (QED) is 0.392. The van der Waals surface area contributed by atoms with Gasteiger partial charge in [-0.3, -0.25) is 4.79 Å². The molecule has 0 unspecified atom stereocenters. The maximum Gasteiger partial charge on any atom is 0.308 e. The topological polar surface area (TPSA) is 92.6 Å². The second kappa shape index (κ2) is 11.4. The Hall–Kier alpha value is -2.48. The van der Waals surface area contributed by atoms with Gasteiger partial charge in [0, 0.05) is 19.6 Å². The predicted molar refractivity (Wildman–Crippen MR) is 107 cm³/mol. The minimum Gasteiger partial charge on any atom is -0.493 e. The first-order chi connectivity index (χ1) is 13.6. The third-order valence-corrected chi connectivity index (χ3v) is 4.65. The average Bonchev–Trinajstić information content (AvgIpc) is 2.75. The molecule has 0 aromatic heterocycles. The zero-order chi connectivity index (χ0) is 20.4. The SMILES string of the molecule is CCNC(=NCc1ccc(OCCO)c(OC)c1)N1CCC(C(=O)OC)CC1. The maximum atomic E-state index is 11.7. The zero-order valence-electron chi connectivity index (χ0n) is 16.9. The highest BCUT2D eigenvalue weighted by molar-refractivity contribution is 5.80. The van der Waals surface area contributed by atoms with Crippen molar-refractivity contribution < 1.29 is 24.1 Å². The van der Waals surface area contributed by atoms with Crippen molar-refractivity contribution in [3.63, 3.8) is 0 Å². The van der Waals surface area contributed by atoms with Crippen LogP contribution in [0, 0.1) is 5.92 Å². The summed E-state index contributed by atoms with van der Waals surface area (Å²) in [6, 6.07) is 5.66. The van der Waals surface area contributed by atoms with E-state index in [-0.39, 0.29) is 25.1 Å². The molecule has 0 bridgehead atoms. The number of aliphatic hydroxyl groups is 1. The first-order valence-corrected chi connectivity index (χ1v) is 9.64. The van der Waals surface area contributed by atoms with Gasteiger partial charge in [-0.15, -0.1) is 0 Å². The van der Waals surface area contributed by atoms with Gasteiger partial charge in [-0.2, -0.15) is 0 Å². The molecule has 1 heterocycles. The van der Waals surface area contributed by atoms with Crippen molar-refractivity contribution in [1.82, 2.24) is 10.2 Å². The number of esters is 1. The zero-order valence-corrected chi connectivity index (χ0v) is 16.9. The lowest BCUT2D eigenvalue weighted by atomic mass is 9.97. The number of aliphatic hydroxyl groups excluding tert-OH is 1. The molecule has 1 aromatic rings. The summed E-state index contributed by atoms with van der Waals surface area (Å²) >= 11 is 0. The highest BCUT2D eigenvalue weighted by Gasteiger charge is 2.26. The van der Waals surface area contributed by atoms with Gasteiger partial charge in [0.05, 0.1) is 33.3 Å². The number of aliphatic imine (C=N–C) groups is 1. The lowest BCUT2D eigenvalue weighted by Crippen LogP contribution is -2.46. The van der Waals surface area contributed by atoms with E-state index in [9.17, 15) is 4.79 Å². The first-order valence-electron chi connectivity index (χ1n) is 9.64. The normalized spacial score (nSPS) is 15.3. The molecule has 1 aromatic carbocycles. The van der Waals surface area contributed by atoms with Gasteiger partial charge in [0.15, 0.2) is 17.5 Å². The summed E-state index contributed by atoms with van der Waals surface area (Å²) in [5.41, 5.74) is 0.994. The summed E-state index contributed by atoms with van der Waals surface area (Å²) in [7, 11) is 3.03. The molecular weight excluding hydrogens is 362 g/mol. The third kappa shape index (κ3) is 6.02. The fourth-order valence-electron chi connectivity index (χ4n) is 3.17. The van der Waals surface area contributed by atoms with Crippen LogP contribution in [0.5, 0.6) is 11.5 Å². The Kier molecular flexibility index (Phi) is 8.87. The van der Waals surface area contributed by atoms with Gasteiger partial charge in [0.2, 0.25) is 0 Å². The highest BCUT2D eigenvalue weighted by Crippen LogP contribution is 2.28. The molecule has 0 radical (unpaired) electrons. The van der Waals surface area contributed by atoms with E-state index in [1.807, 2.05) is 25.1 Å². The van der Waals surface area contributed by atoms with Gasteiger partial charge in [0.1, 0.15) is 6.61 Å². The summed E-state index contributed by atoms with van der Waals surface area (Å²) in [6.07, 6.45) is 1.53. The van der Waals surface area contributed by atoms with E-state index in [2.05, 4.69) is 10.2 Å². The largest absolute Gasteiger partial charge is 0.493 e. The molecule has 0 atom stereocenters. The molecule has 0 aliphatic carbocycles. The minimum absolute atomic E-state index is 0.0279. The molecule has 28 heavy (non-hydrogen) atoms. The molecule has 2 rings (SSSR count). The summed E-state index contributed by atoms with van der Waals surface area (Å²) < 4.78 is 15.7. The monoisotopic (exact) mass is 393 g/mol. The number of hydrogen-bond donors (Lipinski definition) is 2. The Morgan fingerprint density at radius 3 is 2.64 bits per heavy atom. The molecule has 1 saturated heterocycles. The molecule has 8 nitrogen and oxygen atoms in total. The van der Waals surface area contributed by atoms with Crippen molar-refractivity contribution in [2.24, 2.45) is 10.9 Å². The molecule has 8 heteroatoms. The molecule has 0 saturated carbocycles. The van der Waals surface area contributed by atoms with Crippen LogP contribution >= 0.6 is 0 Å². The number of methoxy groups -OCH3 is 2. The van der Waals surface area contributed by atoms with Gasteiger partial charge >= 0.3 is 5.97 Å². The fourth-order valence-corrected chi connectivity index (χ4v) is 3.17. The molecule has 1 aliphatic heterocycles. The van der Waals surface area contributed by atoms with E-state index < -0.39 is 0 Å². The van der Waals surface area contributed by atoms with Crippen LogP contribution in [-0.2, 0) is 16.1 Å². The van der Waals surface area contributed by atoms with Gasteiger partial charge in [-0.05, 0) is 37.5 Å². The van der Waals surface area contributed by atoms with Gasteiger partial charge in [-0.25, -0.2) is 4.99 Å². The van der Waals surface area contributed by atoms with Gasteiger partial charge in [0.25, 0.3) is 0 Å². The number of carbonyl (C=O) groups excluding carboxylic acids is 1. The van der Waals surface area contributed by atoms with Crippen LogP contribution in [0.3, 0.4) is 0 Å². The van der Waals surface area contributed by atoms with E-state index in [0.29, 0.717) is 18.0 Å². The van der Waals surface area contributed by atoms with Crippen molar-refractivity contribution in [3.05, 3.63) is 23.8 Å². The number of piperidine rings is 1. The summed E-state index contributed by atoms with van der Waals surface area (Å²) in [4.78, 5) is 18.6. The summed E-state index contributed by atoms with van der Waals surface area (Å²) in [5, 5.41) is 12.2. The van der Waals surface area contributed by atoms with Crippen molar-refractivity contribution >= 4 is 11.9 Å². The third-order valence-electron chi connectivity index (χ3n) is 4.65. The van der Waals surface area contributed by atoms with E-state index in [0.717, 1.165) is 44.0 Å². The molecule has 0 amide bonds. The van der Waals surface area contributed by atoms with Gasteiger partial charge in [-0.1, -0.05) is 6.07 Å². The lowest BCUT2D eigenvalue weighted by molar-refractivity contribution is -0.146. The fraction of sp³-hybridized carbons (Fsp3) is 0.600. The van der Waals surface area contributed by atoms with Crippen molar-refractivity contribution in [1.29, 1.82) is 0 Å². The Bertz CT molecular complexity index is 657. The second-order valence-electron chi connectivity index (χ2n) is 6.51. The molecule has 0 spiro atoms. The van der Waals surface area contributed by atoms with Crippen LogP contribution in [0.15, 0.2) is 23.2 Å². The maximum absolute atomic E-state index is 11.7. The number of guanidine groups is 1. The van der Waals surface area contributed by atoms with Crippen molar-refractivity contribution in [2.75, 3.05) is 47.1 Å². The van der Waals surface area contributed by atoms with Crippen LogP contribution in [0.25, 0.3) is 0 Å². The number of nitrogens with zero attached hydrogens (tertiary/aromatic N) is 2. The standard InChI is InChI=1S/C20H31N3O5/c1-4-21-20(23-9-7-16(8-10-23)19(25)27-3)22-14-15-5-6-17(28-12-11-24)18(13-15)26-2/h5-6,13,16,24H,4,7-12,14H2,1-3H3,(H,21,22). The summed E-state index contributed by atoms with van der Waals surface area (Å²) in [6.45, 7) is 5.01. The molecule has 2 N–H and O–H groups in total. The Balaban J connectivity index is 2.03. The number of rotatable bonds is 8. The smallest absolute Gasteiger partial charge is 0.308 e. The van der Waals surface area contributed by atoms with E-state index in [1.54, 1.807) is 7.11 Å². The Morgan fingerprint density at radius 1 is 1.29 bits per heavy atom. The Labute approximate surface area is 166 Å². The number of carbonyl (C=O) groups is 1. The number of nitrogens with one attached hydrogen (secondary N) is 1. The predicted octanol–water partition coefficient (Wildman–Crippen LogP) is 1.42. The highest BCUT2D eigenvalue weighted by atomic mass is 16.5. The number of benzene rings is 1. The first kappa shape index (κ1) is 21.8.